The Morgan fingerprint density at radius 1 is 1.37 bits per heavy atom. The van der Waals surface area contributed by atoms with Gasteiger partial charge in [-0.05, 0) is 45.7 Å². The third-order valence-electron chi connectivity index (χ3n) is 5.16. The summed E-state index contributed by atoms with van der Waals surface area (Å²) in [5.41, 5.74) is -0.299. The van der Waals surface area contributed by atoms with E-state index in [0.717, 1.165) is 6.42 Å². The van der Waals surface area contributed by atoms with Crippen LogP contribution in [0.25, 0.3) is 5.65 Å². The lowest BCUT2D eigenvalue weighted by atomic mass is 10.00. The molecule has 0 saturated carbocycles. The molecular weight excluding hydrogens is 346 g/mol. The van der Waals surface area contributed by atoms with E-state index in [9.17, 15) is 9.90 Å². The van der Waals surface area contributed by atoms with Gasteiger partial charge in [0.1, 0.15) is 11.2 Å². The first-order valence-corrected chi connectivity index (χ1v) is 9.05. The molecule has 0 spiro atoms. The van der Waals surface area contributed by atoms with Gasteiger partial charge in [-0.1, -0.05) is 0 Å². The predicted octanol–water partition coefficient (Wildman–Crippen LogP) is 2.69. The number of hydrogen-bond donors (Lipinski definition) is 2. The van der Waals surface area contributed by atoms with Crippen LogP contribution in [-0.4, -0.2) is 47.1 Å². The fraction of sp³-hybridized carbons (Fsp3) is 0.444. The lowest BCUT2D eigenvalue weighted by Gasteiger charge is -2.31. The molecule has 9 nitrogen and oxygen atoms in total. The van der Waals surface area contributed by atoms with Crippen molar-refractivity contribution < 1.29 is 9.90 Å². The van der Waals surface area contributed by atoms with Crippen LogP contribution in [0.3, 0.4) is 0 Å². The molecule has 0 unspecified atom stereocenters. The minimum absolute atomic E-state index is 0.307. The first kappa shape index (κ1) is 17.3. The summed E-state index contributed by atoms with van der Waals surface area (Å²) in [5, 5.41) is 12.9. The van der Waals surface area contributed by atoms with Crippen molar-refractivity contribution in [2.45, 2.75) is 45.2 Å². The zero-order valence-corrected chi connectivity index (χ0v) is 15.6. The Hall–Kier alpha value is -3.10. The van der Waals surface area contributed by atoms with Crippen LogP contribution in [0, 0.1) is 0 Å². The molecule has 0 amide bonds. The molecule has 2 N–H and O–H groups in total. The second-order valence-corrected chi connectivity index (χ2v) is 7.34. The Balaban J connectivity index is 1.74. The van der Waals surface area contributed by atoms with E-state index in [1.165, 1.54) is 0 Å². The van der Waals surface area contributed by atoms with Gasteiger partial charge in [-0.3, -0.25) is 4.40 Å². The molecule has 4 rings (SSSR count). The van der Waals surface area contributed by atoms with Crippen LogP contribution in [0.15, 0.2) is 30.9 Å². The van der Waals surface area contributed by atoms with E-state index in [4.69, 9.17) is 0 Å². The average Bonchev–Trinajstić information content (AvgIpc) is 3.33. The molecule has 9 heteroatoms. The molecule has 1 atom stereocenters. The number of rotatable bonds is 5. The Morgan fingerprint density at radius 3 is 2.89 bits per heavy atom. The van der Waals surface area contributed by atoms with E-state index in [-0.39, 0.29) is 0 Å². The number of anilines is 3. The van der Waals surface area contributed by atoms with Gasteiger partial charge in [-0.25, -0.2) is 9.78 Å². The lowest BCUT2D eigenvalue weighted by molar-refractivity contribution is -0.142. The first-order valence-electron chi connectivity index (χ1n) is 9.05. The maximum atomic E-state index is 11.8. The molecule has 1 aliphatic rings. The minimum Gasteiger partial charge on any atom is -0.480 e. The molecule has 4 heterocycles. The molecule has 0 bridgehead atoms. The number of aliphatic carboxylic acids is 1. The molecule has 3 aromatic rings. The molecule has 0 radical (unpaired) electrons. The first-order chi connectivity index (χ1) is 12.9. The van der Waals surface area contributed by atoms with Gasteiger partial charge in [0.25, 0.3) is 0 Å². The van der Waals surface area contributed by atoms with Crippen LogP contribution in [0.1, 0.15) is 39.7 Å². The van der Waals surface area contributed by atoms with Gasteiger partial charge in [-0.15, -0.1) is 0 Å². The minimum atomic E-state index is -0.999. The highest BCUT2D eigenvalue weighted by molar-refractivity contribution is 5.83. The number of aromatic nitrogens is 5. The van der Waals surface area contributed by atoms with Crippen molar-refractivity contribution >= 4 is 29.3 Å². The highest BCUT2D eigenvalue weighted by Crippen LogP contribution is 2.33. The topological polar surface area (TPSA) is 101 Å². The standard InChI is InChI=1S/C18H23N7O2/c1-12(2)23-10-13(19-11-23)20-16-22-17(21-14-6-4-8-24(14)16)25-9-5-7-18(25,3)15(26)27/h4,6,8,10-12H,5,7,9H2,1-3H3,(H,26,27)(H,20,21,22)/t18-/m0/s1. The molecule has 142 valence electrons. The predicted molar refractivity (Wildman–Crippen MR) is 102 cm³/mol. The zero-order valence-electron chi connectivity index (χ0n) is 15.6. The summed E-state index contributed by atoms with van der Waals surface area (Å²) in [6, 6.07) is 4.06. The summed E-state index contributed by atoms with van der Waals surface area (Å²) in [7, 11) is 0. The second kappa shape index (κ2) is 6.26. The van der Waals surface area contributed by atoms with Crippen molar-refractivity contribution in [2.24, 2.45) is 0 Å². The van der Waals surface area contributed by atoms with Crippen LogP contribution < -0.4 is 10.2 Å². The monoisotopic (exact) mass is 369 g/mol. The molecule has 1 aliphatic heterocycles. The van der Waals surface area contributed by atoms with Crippen LogP contribution in [0.4, 0.5) is 17.7 Å². The highest BCUT2D eigenvalue weighted by Gasteiger charge is 2.45. The second-order valence-electron chi connectivity index (χ2n) is 7.34. The maximum absolute atomic E-state index is 11.8. The van der Waals surface area contributed by atoms with Gasteiger partial charge in [-0.2, -0.15) is 9.97 Å². The Bertz CT molecular complexity index is 993. The van der Waals surface area contributed by atoms with Crippen molar-refractivity contribution in [3.8, 4) is 0 Å². The number of imidazole rings is 1. The smallest absolute Gasteiger partial charge is 0.329 e. The summed E-state index contributed by atoms with van der Waals surface area (Å²) in [4.78, 5) is 27.2. The number of fused-ring (bicyclic) bond motifs is 1. The lowest BCUT2D eigenvalue weighted by Crippen LogP contribution is -2.49. The normalized spacial score (nSPS) is 19.9. The van der Waals surface area contributed by atoms with Crippen molar-refractivity contribution in [3.63, 3.8) is 0 Å². The van der Waals surface area contributed by atoms with Crippen molar-refractivity contribution in [1.29, 1.82) is 0 Å². The largest absolute Gasteiger partial charge is 0.480 e. The Labute approximate surface area is 156 Å². The molecule has 27 heavy (non-hydrogen) atoms. The van der Waals surface area contributed by atoms with E-state index in [1.54, 1.807) is 18.2 Å². The zero-order chi connectivity index (χ0) is 19.2. The number of carbonyl (C=O) groups is 1. The molecular formula is C18H23N7O2. The summed E-state index contributed by atoms with van der Waals surface area (Å²) >= 11 is 0. The summed E-state index contributed by atoms with van der Waals surface area (Å²) in [6.45, 7) is 6.50. The maximum Gasteiger partial charge on any atom is 0.329 e. The van der Waals surface area contributed by atoms with Gasteiger partial charge in [0.05, 0.1) is 6.33 Å². The summed E-state index contributed by atoms with van der Waals surface area (Å²) < 4.78 is 3.82. The van der Waals surface area contributed by atoms with Crippen LogP contribution in [-0.2, 0) is 4.79 Å². The number of carboxylic acids is 1. The fourth-order valence-corrected chi connectivity index (χ4v) is 3.43. The molecule has 0 aliphatic carbocycles. The molecule has 1 saturated heterocycles. The Morgan fingerprint density at radius 2 is 2.19 bits per heavy atom. The quantitative estimate of drug-likeness (QED) is 0.713. The van der Waals surface area contributed by atoms with Gasteiger partial charge < -0.3 is 19.9 Å². The van der Waals surface area contributed by atoms with E-state index in [2.05, 4.69) is 34.1 Å². The highest BCUT2D eigenvalue weighted by atomic mass is 16.4. The fourth-order valence-electron chi connectivity index (χ4n) is 3.43. The van der Waals surface area contributed by atoms with Gasteiger partial charge in [0, 0.05) is 25.0 Å². The SMILES string of the molecule is CC(C)n1cnc(Nc2nc(N3CCC[C@@]3(C)C(=O)O)nc3cccn23)c1. The average molecular weight is 369 g/mol. The van der Waals surface area contributed by atoms with Gasteiger partial charge in [0.15, 0.2) is 5.82 Å². The van der Waals surface area contributed by atoms with Crippen LogP contribution >= 0.6 is 0 Å². The van der Waals surface area contributed by atoms with Crippen LogP contribution in [0.5, 0.6) is 0 Å². The molecule has 0 aromatic carbocycles. The number of hydrogen-bond acceptors (Lipinski definition) is 6. The number of carboxylic acid groups (broad SMARTS) is 1. The van der Waals surface area contributed by atoms with Crippen LogP contribution in [0.2, 0.25) is 0 Å². The van der Waals surface area contributed by atoms with Crippen molar-refractivity contribution in [1.82, 2.24) is 23.9 Å². The van der Waals surface area contributed by atoms with Crippen molar-refractivity contribution in [2.75, 3.05) is 16.8 Å². The molecule has 3 aromatic heterocycles. The third-order valence-corrected chi connectivity index (χ3v) is 5.16. The number of nitrogens with zero attached hydrogens (tertiary/aromatic N) is 6. The van der Waals surface area contributed by atoms with E-state index in [0.29, 0.717) is 42.4 Å². The van der Waals surface area contributed by atoms with Gasteiger partial charge >= 0.3 is 5.97 Å². The van der Waals surface area contributed by atoms with E-state index >= 15 is 0 Å². The Kier molecular flexibility index (Phi) is 4.01. The van der Waals surface area contributed by atoms with E-state index < -0.39 is 11.5 Å². The molecule has 1 fully saturated rings. The van der Waals surface area contributed by atoms with Crippen molar-refractivity contribution in [3.05, 3.63) is 30.9 Å². The summed E-state index contributed by atoms with van der Waals surface area (Å²) in [5.74, 6) is 0.776. The third kappa shape index (κ3) is 2.88. The van der Waals surface area contributed by atoms with Gasteiger partial charge in [0.2, 0.25) is 11.9 Å². The summed E-state index contributed by atoms with van der Waals surface area (Å²) in [6.07, 6.45) is 6.91. The number of nitrogens with one attached hydrogen (secondary N) is 1. The van der Waals surface area contributed by atoms with E-state index in [1.807, 2.05) is 33.5 Å².